The van der Waals surface area contributed by atoms with Crippen molar-refractivity contribution >= 4 is 0 Å². The quantitative estimate of drug-likeness (QED) is 0.871. The zero-order valence-electron chi connectivity index (χ0n) is 11.4. The highest BCUT2D eigenvalue weighted by molar-refractivity contribution is 5.53. The molecular weight excluding hydrogens is 226 g/mol. The average Bonchev–Trinajstić information content (AvgIpc) is 2.59. The molecule has 3 nitrogen and oxygen atoms in total. The largest absolute Gasteiger partial charge is 0.486 e. The number of hydrogen-bond acceptors (Lipinski definition) is 3. The summed E-state index contributed by atoms with van der Waals surface area (Å²) in [6.07, 6.45) is 1.14. The maximum Gasteiger partial charge on any atom is 0.161 e. The van der Waals surface area contributed by atoms with Gasteiger partial charge >= 0.3 is 0 Å². The molecule has 1 atom stereocenters. The fraction of sp³-hybridized carbons (Fsp3) is 0.600. The Morgan fingerprint density at radius 3 is 2.56 bits per heavy atom. The van der Waals surface area contributed by atoms with Gasteiger partial charge in [-0.1, -0.05) is 20.8 Å². The van der Waals surface area contributed by atoms with Crippen LogP contribution in [0.3, 0.4) is 0 Å². The Hall–Kier alpha value is -1.22. The molecule has 1 aliphatic heterocycles. The molecule has 1 aliphatic carbocycles. The average molecular weight is 247 g/mol. The molecule has 18 heavy (non-hydrogen) atoms. The second kappa shape index (κ2) is 4.16. The van der Waals surface area contributed by atoms with Crippen LogP contribution in [0.2, 0.25) is 0 Å². The van der Waals surface area contributed by atoms with Crippen molar-refractivity contribution in [2.24, 2.45) is 0 Å². The van der Waals surface area contributed by atoms with Gasteiger partial charge in [-0.3, -0.25) is 0 Å². The van der Waals surface area contributed by atoms with Gasteiger partial charge in [-0.2, -0.15) is 0 Å². The van der Waals surface area contributed by atoms with E-state index in [1.54, 1.807) is 0 Å². The van der Waals surface area contributed by atoms with Crippen LogP contribution < -0.4 is 14.8 Å². The molecule has 0 fully saturated rings. The molecule has 3 heteroatoms. The van der Waals surface area contributed by atoms with Gasteiger partial charge in [0, 0.05) is 6.04 Å². The highest BCUT2D eigenvalue weighted by atomic mass is 16.6. The molecule has 0 bridgehead atoms. The van der Waals surface area contributed by atoms with E-state index in [9.17, 15) is 0 Å². The van der Waals surface area contributed by atoms with E-state index in [2.05, 4.69) is 38.2 Å². The van der Waals surface area contributed by atoms with Gasteiger partial charge < -0.3 is 14.8 Å². The number of ether oxygens (including phenoxy) is 2. The summed E-state index contributed by atoms with van der Waals surface area (Å²) in [7, 11) is 0. The third kappa shape index (κ3) is 1.77. The third-order valence-electron chi connectivity index (χ3n) is 3.98. The summed E-state index contributed by atoms with van der Waals surface area (Å²) in [5.41, 5.74) is 2.99. The van der Waals surface area contributed by atoms with E-state index in [4.69, 9.17) is 9.47 Å². The number of fused-ring (bicyclic) bond motifs is 2. The normalized spacial score (nSPS) is 23.8. The summed E-state index contributed by atoms with van der Waals surface area (Å²) in [4.78, 5) is 0. The van der Waals surface area contributed by atoms with Crippen LogP contribution in [0.15, 0.2) is 12.1 Å². The van der Waals surface area contributed by atoms with E-state index in [1.165, 1.54) is 11.1 Å². The summed E-state index contributed by atoms with van der Waals surface area (Å²) < 4.78 is 11.4. The Morgan fingerprint density at radius 2 is 1.89 bits per heavy atom. The second-order valence-corrected chi connectivity index (χ2v) is 5.78. The molecule has 1 heterocycles. The van der Waals surface area contributed by atoms with Crippen LogP contribution in [0.1, 0.15) is 44.4 Å². The van der Waals surface area contributed by atoms with Crippen LogP contribution in [0.5, 0.6) is 11.5 Å². The number of hydrogen-bond donors (Lipinski definition) is 1. The van der Waals surface area contributed by atoms with Crippen molar-refractivity contribution in [3.05, 3.63) is 23.3 Å². The van der Waals surface area contributed by atoms with Crippen LogP contribution >= 0.6 is 0 Å². The van der Waals surface area contributed by atoms with Crippen molar-refractivity contribution in [3.63, 3.8) is 0 Å². The zero-order chi connectivity index (χ0) is 12.8. The van der Waals surface area contributed by atoms with Gasteiger partial charge in [0.2, 0.25) is 0 Å². The third-order valence-corrected chi connectivity index (χ3v) is 3.98. The van der Waals surface area contributed by atoms with E-state index < -0.39 is 0 Å². The van der Waals surface area contributed by atoms with Crippen LogP contribution in [-0.4, -0.2) is 19.8 Å². The summed E-state index contributed by atoms with van der Waals surface area (Å²) in [5, 5.41) is 3.57. The minimum atomic E-state index is 0.206. The Balaban J connectivity index is 2.07. The van der Waals surface area contributed by atoms with Gasteiger partial charge in [-0.25, -0.2) is 0 Å². The van der Waals surface area contributed by atoms with Crippen LogP contribution in [-0.2, 0) is 5.41 Å². The molecule has 0 aromatic heterocycles. The minimum Gasteiger partial charge on any atom is -0.486 e. The van der Waals surface area contributed by atoms with E-state index in [0.29, 0.717) is 19.3 Å². The Labute approximate surface area is 108 Å². The number of rotatable bonds is 2. The summed E-state index contributed by atoms with van der Waals surface area (Å²) in [6, 6.07) is 4.79. The molecule has 0 spiro atoms. The maximum atomic E-state index is 5.69. The van der Waals surface area contributed by atoms with Crippen LogP contribution in [0.4, 0.5) is 0 Å². The van der Waals surface area contributed by atoms with Gasteiger partial charge in [0.1, 0.15) is 13.2 Å². The Morgan fingerprint density at radius 1 is 1.22 bits per heavy atom. The molecule has 1 unspecified atom stereocenters. The molecule has 0 saturated carbocycles. The molecule has 1 aromatic rings. The zero-order valence-corrected chi connectivity index (χ0v) is 11.4. The van der Waals surface area contributed by atoms with Crippen molar-refractivity contribution in [2.75, 3.05) is 19.8 Å². The van der Waals surface area contributed by atoms with E-state index >= 15 is 0 Å². The van der Waals surface area contributed by atoms with Crippen LogP contribution in [0, 0.1) is 0 Å². The highest BCUT2D eigenvalue weighted by Crippen LogP contribution is 2.48. The molecule has 1 aromatic carbocycles. The van der Waals surface area contributed by atoms with E-state index in [-0.39, 0.29) is 5.41 Å². The van der Waals surface area contributed by atoms with Crippen molar-refractivity contribution in [1.29, 1.82) is 0 Å². The minimum absolute atomic E-state index is 0.206. The standard InChI is InChI=1S/C15H21NO2/c1-4-16-12-9-15(2,3)11-8-14-13(7-10(11)12)17-5-6-18-14/h7-8,12,16H,4-6,9H2,1-3H3. The number of benzene rings is 1. The van der Waals surface area contributed by atoms with Crippen molar-refractivity contribution in [2.45, 2.75) is 38.6 Å². The predicted octanol–water partition coefficient (Wildman–Crippen LogP) is 2.79. The smallest absolute Gasteiger partial charge is 0.161 e. The van der Waals surface area contributed by atoms with Crippen molar-refractivity contribution in [1.82, 2.24) is 5.32 Å². The van der Waals surface area contributed by atoms with Crippen molar-refractivity contribution < 1.29 is 9.47 Å². The SMILES string of the molecule is CCNC1CC(C)(C)c2cc3c(cc21)OCCO3. The van der Waals surface area contributed by atoms with Gasteiger partial charge in [0.15, 0.2) is 11.5 Å². The first-order valence-electron chi connectivity index (χ1n) is 6.79. The lowest BCUT2D eigenvalue weighted by atomic mass is 9.86. The maximum absolute atomic E-state index is 5.69. The van der Waals surface area contributed by atoms with E-state index in [1.807, 2.05) is 0 Å². The number of nitrogens with one attached hydrogen (secondary N) is 1. The summed E-state index contributed by atoms with van der Waals surface area (Å²) >= 11 is 0. The molecule has 3 rings (SSSR count). The Kier molecular flexibility index (Phi) is 2.74. The molecule has 2 aliphatic rings. The molecule has 98 valence electrons. The molecule has 0 radical (unpaired) electrons. The second-order valence-electron chi connectivity index (χ2n) is 5.78. The first-order chi connectivity index (χ1) is 8.62. The topological polar surface area (TPSA) is 30.5 Å². The lowest BCUT2D eigenvalue weighted by molar-refractivity contribution is 0.171. The molecular formula is C15H21NO2. The first-order valence-corrected chi connectivity index (χ1v) is 6.79. The van der Waals surface area contributed by atoms with Crippen molar-refractivity contribution in [3.8, 4) is 11.5 Å². The van der Waals surface area contributed by atoms with Gasteiger partial charge in [-0.05, 0) is 41.6 Å². The lowest BCUT2D eigenvalue weighted by Crippen LogP contribution is -2.20. The molecule has 1 N–H and O–H groups in total. The van der Waals surface area contributed by atoms with Gasteiger partial charge in [0.05, 0.1) is 0 Å². The predicted molar refractivity (Wildman–Crippen MR) is 71.5 cm³/mol. The van der Waals surface area contributed by atoms with Crippen LogP contribution in [0.25, 0.3) is 0 Å². The van der Waals surface area contributed by atoms with Gasteiger partial charge in [0.25, 0.3) is 0 Å². The fourth-order valence-corrected chi connectivity index (χ4v) is 3.14. The molecule has 0 amide bonds. The highest BCUT2D eigenvalue weighted by Gasteiger charge is 2.38. The molecule has 0 saturated heterocycles. The lowest BCUT2D eigenvalue weighted by Gasteiger charge is -2.23. The summed E-state index contributed by atoms with van der Waals surface area (Å²) in [5.74, 6) is 1.81. The fourth-order valence-electron chi connectivity index (χ4n) is 3.14. The van der Waals surface area contributed by atoms with Gasteiger partial charge in [-0.15, -0.1) is 0 Å². The Bertz CT molecular complexity index is 468. The monoisotopic (exact) mass is 247 g/mol. The first kappa shape index (κ1) is 11.8. The van der Waals surface area contributed by atoms with E-state index in [0.717, 1.165) is 24.5 Å². The summed E-state index contributed by atoms with van der Waals surface area (Å²) in [6.45, 7) is 9.07.